The zero-order valence-electron chi connectivity index (χ0n) is 9.74. The van der Waals surface area contributed by atoms with E-state index in [1.165, 1.54) is 6.07 Å². The third kappa shape index (κ3) is 2.02. The number of imidazole rings is 1. The topological polar surface area (TPSA) is 66.7 Å². The molecule has 19 heavy (non-hydrogen) atoms. The highest BCUT2D eigenvalue weighted by atomic mass is 19.2. The predicted molar refractivity (Wildman–Crippen MR) is 69.3 cm³/mol. The molecule has 0 unspecified atom stereocenters. The highest BCUT2D eigenvalue weighted by Crippen LogP contribution is 2.23. The van der Waals surface area contributed by atoms with Gasteiger partial charge in [0.2, 0.25) is 0 Å². The number of anilines is 1. The third-order valence-electron chi connectivity index (χ3n) is 2.84. The van der Waals surface area contributed by atoms with Gasteiger partial charge >= 0.3 is 0 Å². The summed E-state index contributed by atoms with van der Waals surface area (Å²) in [6.07, 6.45) is 0. The number of nitrogens with two attached hydrogens (primary N) is 1. The Bertz CT molecular complexity index is 751. The van der Waals surface area contributed by atoms with Gasteiger partial charge in [0.1, 0.15) is 5.82 Å². The Labute approximate surface area is 107 Å². The Hall–Kier alpha value is -2.47. The van der Waals surface area contributed by atoms with Gasteiger partial charge < -0.3 is 10.4 Å². The summed E-state index contributed by atoms with van der Waals surface area (Å²) in [7, 11) is 0. The maximum atomic E-state index is 13.2. The minimum atomic E-state index is -0.901. The first kappa shape index (κ1) is 11.6. The molecule has 96 valence electrons. The summed E-state index contributed by atoms with van der Waals surface area (Å²) in [6, 6.07) is 8.99. The van der Waals surface area contributed by atoms with Crippen LogP contribution in [0.5, 0.6) is 0 Å². The van der Waals surface area contributed by atoms with Gasteiger partial charge in [-0.25, -0.2) is 13.8 Å². The number of nitrogens with zero attached hydrogens (tertiary/aromatic N) is 1. The molecule has 0 aliphatic rings. The van der Waals surface area contributed by atoms with Crippen LogP contribution in [-0.2, 0) is 0 Å². The summed E-state index contributed by atoms with van der Waals surface area (Å²) in [5.41, 5.74) is 5.22. The monoisotopic (exact) mass is 260 g/mol. The average Bonchev–Trinajstić information content (AvgIpc) is 2.84. The molecule has 2 aromatic carbocycles. The maximum Gasteiger partial charge on any atom is 0.159 e. The number of H-pyrrole nitrogens is 1. The van der Waals surface area contributed by atoms with Gasteiger partial charge in [0.15, 0.2) is 11.6 Å². The molecule has 4 N–H and O–H groups in total. The first-order valence-corrected chi connectivity index (χ1v) is 5.59. The second-order valence-electron chi connectivity index (χ2n) is 4.09. The number of hydrogen-bond acceptors (Lipinski definition) is 3. The summed E-state index contributed by atoms with van der Waals surface area (Å²) < 4.78 is 26.1. The highest BCUT2D eigenvalue weighted by Gasteiger charge is 2.09. The van der Waals surface area contributed by atoms with E-state index < -0.39 is 11.6 Å². The van der Waals surface area contributed by atoms with Crippen LogP contribution in [-0.4, -0.2) is 9.97 Å². The zero-order chi connectivity index (χ0) is 13.4. The smallest absolute Gasteiger partial charge is 0.159 e. The van der Waals surface area contributed by atoms with E-state index in [1.807, 2.05) is 0 Å². The van der Waals surface area contributed by atoms with Crippen LogP contribution in [0.3, 0.4) is 0 Å². The molecule has 0 atom stereocenters. The van der Waals surface area contributed by atoms with Crippen LogP contribution in [0.1, 0.15) is 0 Å². The van der Waals surface area contributed by atoms with Crippen molar-refractivity contribution >= 4 is 16.7 Å². The molecule has 1 aromatic heterocycles. The van der Waals surface area contributed by atoms with Gasteiger partial charge in [-0.1, -0.05) is 0 Å². The molecule has 0 spiro atoms. The van der Waals surface area contributed by atoms with Crippen molar-refractivity contribution in [2.45, 2.75) is 0 Å². The van der Waals surface area contributed by atoms with E-state index in [1.54, 1.807) is 18.2 Å². The van der Waals surface area contributed by atoms with Crippen LogP contribution in [0, 0.1) is 11.6 Å². The fourth-order valence-electron chi connectivity index (χ4n) is 1.88. The van der Waals surface area contributed by atoms with Gasteiger partial charge in [0.25, 0.3) is 0 Å². The van der Waals surface area contributed by atoms with Gasteiger partial charge in [-0.2, -0.15) is 0 Å². The zero-order valence-corrected chi connectivity index (χ0v) is 9.74. The Morgan fingerprint density at radius 1 is 1.05 bits per heavy atom. The lowest BCUT2D eigenvalue weighted by atomic mass is 10.2. The molecule has 4 nitrogen and oxygen atoms in total. The summed E-state index contributed by atoms with van der Waals surface area (Å²) >= 11 is 0. The highest BCUT2D eigenvalue weighted by molar-refractivity contribution is 5.82. The Kier molecular flexibility index (Phi) is 2.64. The number of halogens is 2. The van der Waals surface area contributed by atoms with E-state index in [0.29, 0.717) is 11.4 Å². The first-order chi connectivity index (χ1) is 9.17. The summed E-state index contributed by atoms with van der Waals surface area (Å²) in [5, 5.41) is 0. The number of rotatable bonds is 2. The minimum Gasteiger partial charge on any atom is -0.338 e. The van der Waals surface area contributed by atoms with Gasteiger partial charge in [-0.15, -0.1) is 0 Å². The van der Waals surface area contributed by atoms with Crippen molar-refractivity contribution in [3.8, 4) is 11.4 Å². The lowest BCUT2D eigenvalue weighted by molar-refractivity contribution is 0.509. The largest absolute Gasteiger partial charge is 0.338 e. The number of fused-ring (bicyclic) bond motifs is 1. The second-order valence-corrected chi connectivity index (χ2v) is 4.09. The van der Waals surface area contributed by atoms with Gasteiger partial charge in [0.05, 0.1) is 16.7 Å². The van der Waals surface area contributed by atoms with Gasteiger partial charge in [-0.05, 0) is 36.4 Å². The molecular weight excluding hydrogens is 250 g/mol. The van der Waals surface area contributed by atoms with Crippen molar-refractivity contribution < 1.29 is 8.78 Å². The number of nitrogen functional groups attached to an aromatic ring is 1. The normalized spacial score (nSPS) is 10.9. The Morgan fingerprint density at radius 2 is 1.89 bits per heavy atom. The fourth-order valence-corrected chi connectivity index (χ4v) is 1.88. The standard InChI is InChI=1S/C13H10F2N4/c14-9-3-1-7(5-10(9)15)13-17-11-4-2-8(19-16)6-12(11)18-13/h1-6,19H,16H2,(H,17,18). The number of hydrogen-bond donors (Lipinski definition) is 3. The van der Waals surface area contributed by atoms with E-state index in [9.17, 15) is 8.78 Å². The maximum absolute atomic E-state index is 13.2. The molecule has 3 rings (SSSR count). The number of aromatic nitrogens is 2. The number of hydrazine groups is 1. The molecule has 0 radical (unpaired) electrons. The van der Waals surface area contributed by atoms with Gasteiger partial charge in [0, 0.05) is 5.56 Å². The quantitative estimate of drug-likeness (QED) is 0.490. The number of benzene rings is 2. The third-order valence-corrected chi connectivity index (χ3v) is 2.84. The molecule has 0 aliphatic heterocycles. The molecule has 0 bridgehead atoms. The van der Waals surface area contributed by atoms with Crippen LogP contribution >= 0.6 is 0 Å². The summed E-state index contributed by atoms with van der Waals surface area (Å²) in [4.78, 5) is 7.35. The van der Waals surface area contributed by atoms with E-state index in [0.717, 1.165) is 28.9 Å². The molecule has 1 heterocycles. The van der Waals surface area contributed by atoms with Crippen molar-refractivity contribution in [3.63, 3.8) is 0 Å². The molecule has 0 saturated heterocycles. The SMILES string of the molecule is NNc1ccc2nc(-c3ccc(F)c(F)c3)[nH]c2c1. The fraction of sp³-hybridized carbons (Fsp3) is 0. The van der Waals surface area contributed by atoms with Crippen LogP contribution in [0.4, 0.5) is 14.5 Å². The number of nitrogens with one attached hydrogen (secondary N) is 2. The van der Waals surface area contributed by atoms with Crippen LogP contribution in [0.25, 0.3) is 22.4 Å². The summed E-state index contributed by atoms with van der Waals surface area (Å²) in [6.45, 7) is 0. The molecule has 0 amide bonds. The Balaban J connectivity index is 2.11. The minimum absolute atomic E-state index is 0.475. The molecule has 0 saturated carbocycles. The molecule has 3 aromatic rings. The molecule has 6 heteroatoms. The predicted octanol–water partition coefficient (Wildman–Crippen LogP) is 2.79. The van der Waals surface area contributed by atoms with Crippen molar-refractivity contribution in [2.75, 3.05) is 5.43 Å². The van der Waals surface area contributed by atoms with Crippen molar-refractivity contribution in [1.29, 1.82) is 0 Å². The van der Waals surface area contributed by atoms with Crippen molar-refractivity contribution in [1.82, 2.24) is 9.97 Å². The van der Waals surface area contributed by atoms with Crippen LogP contribution in [0.15, 0.2) is 36.4 Å². The molecule has 0 fully saturated rings. The second kappa shape index (κ2) is 4.33. The van der Waals surface area contributed by atoms with E-state index in [-0.39, 0.29) is 0 Å². The molecule has 0 aliphatic carbocycles. The summed E-state index contributed by atoms with van der Waals surface area (Å²) in [5.74, 6) is 4.01. The van der Waals surface area contributed by atoms with Crippen molar-refractivity contribution in [3.05, 3.63) is 48.0 Å². The van der Waals surface area contributed by atoms with Gasteiger partial charge in [-0.3, -0.25) is 5.84 Å². The van der Waals surface area contributed by atoms with E-state index >= 15 is 0 Å². The van der Waals surface area contributed by atoms with Crippen molar-refractivity contribution in [2.24, 2.45) is 5.84 Å². The van der Waals surface area contributed by atoms with E-state index in [2.05, 4.69) is 15.4 Å². The Morgan fingerprint density at radius 3 is 2.63 bits per heavy atom. The van der Waals surface area contributed by atoms with Crippen LogP contribution in [0.2, 0.25) is 0 Å². The molecular formula is C13H10F2N4. The van der Waals surface area contributed by atoms with Crippen LogP contribution < -0.4 is 11.3 Å². The lowest BCUT2D eigenvalue weighted by Crippen LogP contribution is -2.05. The average molecular weight is 260 g/mol. The number of aromatic amines is 1. The lowest BCUT2D eigenvalue weighted by Gasteiger charge is -1.97. The van der Waals surface area contributed by atoms with E-state index in [4.69, 9.17) is 5.84 Å². The first-order valence-electron chi connectivity index (χ1n) is 5.59.